The maximum absolute atomic E-state index is 12.5. The Hall–Kier alpha value is -3.15. The molecule has 0 bridgehead atoms. The molecule has 0 aliphatic rings. The molecule has 0 aliphatic carbocycles. The predicted octanol–water partition coefficient (Wildman–Crippen LogP) is 1.86. The van der Waals surface area contributed by atoms with Gasteiger partial charge in [-0.15, -0.1) is 0 Å². The first-order valence-electron chi connectivity index (χ1n) is 9.43. The van der Waals surface area contributed by atoms with Gasteiger partial charge in [-0.1, -0.05) is 24.0 Å². The number of hydrogen-bond acceptors (Lipinski definition) is 7. The Bertz CT molecular complexity index is 1070. The lowest BCUT2D eigenvalue weighted by atomic mass is 9.93. The summed E-state index contributed by atoms with van der Waals surface area (Å²) in [5, 5.41) is 9.73. The summed E-state index contributed by atoms with van der Waals surface area (Å²) >= 11 is 0. The van der Waals surface area contributed by atoms with Crippen LogP contribution in [0.25, 0.3) is 0 Å². The van der Waals surface area contributed by atoms with Gasteiger partial charge >= 0.3 is 5.97 Å². The number of hydrogen-bond donors (Lipinski definition) is 1. The van der Waals surface area contributed by atoms with Gasteiger partial charge in [-0.05, 0) is 43.3 Å². The maximum atomic E-state index is 12.5. The molecule has 0 fully saturated rings. The van der Waals surface area contributed by atoms with E-state index in [-0.39, 0.29) is 17.9 Å². The Morgan fingerprint density at radius 3 is 1.97 bits per heavy atom. The fourth-order valence-electron chi connectivity index (χ4n) is 2.64. The topological polar surface area (TPSA) is 107 Å². The Labute approximate surface area is 181 Å². The van der Waals surface area contributed by atoms with Crippen molar-refractivity contribution in [3.63, 3.8) is 0 Å². The van der Waals surface area contributed by atoms with Crippen LogP contribution in [-0.2, 0) is 19.4 Å². The summed E-state index contributed by atoms with van der Waals surface area (Å²) in [7, 11) is -1.90. The van der Waals surface area contributed by atoms with Crippen LogP contribution in [0.5, 0.6) is 5.75 Å². The average Bonchev–Trinajstić information content (AvgIpc) is 2.72. The molecule has 8 heteroatoms. The molecule has 2 atom stereocenters. The van der Waals surface area contributed by atoms with Gasteiger partial charge in [-0.25, -0.2) is 8.42 Å². The van der Waals surface area contributed by atoms with Crippen LogP contribution in [0.15, 0.2) is 48.5 Å². The number of benzene rings is 2. The molecule has 2 rings (SSSR count). The Balaban J connectivity index is 2.04. The maximum Gasteiger partial charge on any atom is 0.319 e. The lowest BCUT2D eigenvalue weighted by molar-refractivity contribution is -0.146. The molecule has 0 aromatic heterocycles. The molecule has 2 aromatic carbocycles. The largest absolute Gasteiger partial charge is 0.493 e. The van der Waals surface area contributed by atoms with E-state index in [2.05, 4.69) is 16.6 Å². The van der Waals surface area contributed by atoms with Crippen LogP contribution in [0, 0.1) is 17.8 Å². The molecule has 0 spiro atoms. The van der Waals surface area contributed by atoms with Crippen molar-refractivity contribution in [3.8, 4) is 17.6 Å². The Kier molecular flexibility index (Phi) is 8.37. The van der Waals surface area contributed by atoms with Crippen molar-refractivity contribution in [2.24, 2.45) is 5.92 Å². The van der Waals surface area contributed by atoms with Crippen LogP contribution in [0.3, 0.4) is 0 Å². The number of carbonyl (C=O) groups excluding carboxylic acids is 2. The van der Waals surface area contributed by atoms with Gasteiger partial charge in [0.2, 0.25) is 0 Å². The van der Waals surface area contributed by atoms with E-state index in [0.29, 0.717) is 11.3 Å². The van der Waals surface area contributed by atoms with E-state index in [0.717, 1.165) is 18.9 Å². The molecule has 0 amide bonds. The summed E-state index contributed by atoms with van der Waals surface area (Å²) in [6.45, 7) is 1.45. The van der Waals surface area contributed by atoms with Crippen molar-refractivity contribution < 1.29 is 32.6 Å². The molecule has 0 aliphatic heterocycles. The summed E-state index contributed by atoms with van der Waals surface area (Å²) in [4.78, 5) is 24.3. The Morgan fingerprint density at radius 2 is 1.52 bits per heavy atom. The number of aliphatic hydroxyl groups is 1. The number of Topliss-reactive ketones (excluding diaryl/α,β-unsaturated/α-hetero) is 1. The number of rotatable bonds is 8. The van der Waals surface area contributed by atoms with E-state index < -0.39 is 33.6 Å². The second-order valence-corrected chi connectivity index (χ2v) is 9.20. The third-order valence-electron chi connectivity index (χ3n) is 4.32. The van der Waals surface area contributed by atoms with E-state index in [1.165, 1.54) is 6.92 Å². The molecule has 2 aromatic rings. The highest BCUT2D eigenvalue weighted by atomic mass is 32.2. The fraction of sp³-hybridized carbons (Fsp3) is 0.304. The summed E-state index contributed by atoms with van der Waals surface area (Å²) < 4.78 is 32.2. The van der Waals surface area contributed by atoms with E-state index in [4.69, 9.17) is 4.74 Å². The molecule has 31 heavy (non-hydrogen) atoms. The first-order valence-corrected chi connectivity index (χ1v) is 11.5. The zero-order valence-electron chi connectivity index (χ0n) is 17.5. The minimum atomic E-state index is -3.07. The molecular formula is C23H24O7S. The molecule has 0 saturated carbocycles. The zero-order chi connectivity index (χ0) is 23.0. The summed E-state index contributed by atoms with van der Waals surface area (Å²) in [6.07, 6.45) is -0.0139. The standard InChI is InChI=1S/C23H24O7S/c1-16(24)21(23(26)29-2)22(25)19-10-6-17(7-11-19)4-5-18-8-12-20(13-9-18)30-14-15-31(3,27)28/h6-13,16,21,24H,14-15H2,1-3H3. The highest BCUT2D eigenvalue weighted by Gasteiger charge is 2.32. The van der Waals surface area contributed by atoms with Crippen LogP contribution in [0.2, 0.25) is 0 Å². The SMILES string of the molecule is COC(=O)C(C(=O)c1ccc(C#Cc2ccc(OCCS(C)(=O)=O)cc2)cc1)C(C)O. The zero-order valence-corrected chi connectivity index (χ0v) is 18.3. The van der Waals surface area contributed by atoms with Gasteiger partial charge in [0.05, 0.1) is 19.0 Å². The van der Waals surface area contributed by atoms with Gasteiger partial charge in [-0.2, -0.15) is 0 Å². The van der Waals surface area contributed by atoms with Crippen molar-refractivity contribution in [3.05, 3.63) is 65.2 Å². The third-order valence-corrected chi connectivity index (χ3v) is 5.23. The number of ketones is 1. The Morgan fingerprint density at radius 1 is 1.00 bits per heavy atom. The number of aliphatic hydroxyl groups excluding tert-OH is 1. The molecular weight excluding hydrogens is 420 g/mol. The quantitative estimate of drug-likeness (QED) is 0.287. The lowest BCUT2D eigenvalue weighted by Gasteiger charge is -2.16. The molecule has 0 heterocycles. The van der Waals surface area contributed by atoms with Crippen molar-refractivity contribution in [2.45, 2.75) is 13.0 Å². The fourth-order valence-corrected chi connectivity index (χ4v) is 3.02. The van der Waals surface area contributed by atoms with Gasteiger partial charge in [0.15, 0.2) is 15.6 Å². The average molecular weight is 445 g/mol. The number of ether oxygens (including phenoxy) is 2. The first kappa shape index (κ1) is 24.1. The normalized spacial score (nSPS) is 12.8. The second-order valence-electron chi connectivity index (χ2n) is 6.94. The number of sulfone groups is 1. The highest BCUT2D eigenvalue weighted by molar-refractivity contribution is 7.90. The molecule has 0 radical (unpaired) electrons. The first-order chi connectivity index (χ1) is 14.6. The number of esters is 1. The lowest BCUT2D eigenvalue weighted by Crippen LogP contribution is -2.34. The van der Waals surface area contributed by atoms with Gasteiger partial charge in [-0.3, -0.25) is 9.59 Å². The monoisotopic (exact) mass is 444 g/mol. The molecule has 1 N–H and O–H groups in total. The van der Waals surface area contributed by atoms with Crippen LogP contribution >= 0.6 is 0 Å². The van der Waals surface area contributed by atoms with Gasteiger partial charge in [0, 0.05) is 22.9 Å². The summed E-state index contributed by atoms with van der Waals surface area (Å²) in [5.74, 6) is 3.88. The highest BCUT2D eigenvalue weighted by Crippen LogP contribution is 2.16. The smallest absolute Gasteiger partial charge is 0.319 e. The van der Waals surface area contributed by atoms with Gasteiger partial charge in [0.25, 0.3) is 0 Å². The van der Waals surface area contributed by atoms with E-state index >= 15 is 0 Å². The van der Waals surface area contributed by atoms with Crippen LogP contribution < -0.4 is 4.74 Å². The van der Waals surface area contributed by atoms with Crippen LogP contribution in [0.1, 0.15) is 28.4 Å². The predicted molar refractivity (Wildman–Crippen MR) is 116 cm³/mol. The third kappa shape index (κ3) is 7.55. The molecule has 2 unspecified atom stereocenters. The summed E-state index contributed by atoms with van der Waals surface area (Å²) in [5.41, 5.74) is 1.67. The summed E-state index contributed by atoms with van der Waals surface area (Å²) in [6, 6.07) is 13.3. The van der Waals surface area contributed by atoms with E-state index in [1.54, 1.807) is 48.5 Å². The second kappa shape index (κ2) is 10.8. The van der Waals surface area contributed by atoms with Crippen molar-refractivity contribution in [1.82, 2.24) is 0 Å². The number of methoxy groups -OCH3 is 1. The van der Waals surface area contributed by atoms with E-state index in [9.17, 15) is 23.1 Å². The molecule has 7 nitrogen and oxygen atoms in total. The van der Waals surface area contributed by atoms with E-state index in [1.807, 2.05) is 0 Å². The van der Waals surface area contributed by atoms with Gasteiger partial charge < -0.3 is 14.6 Å². The van der Waals surface area contributed by atoms with Gasteiger partial charge in [0.1, 0.15) is 18.3 Å². The number of carbonyl (C=O) groups is 2. The van der Waals surface area contributed by atoms with Crippen LogP contribution in [-0.4, -0.2) is 57.1 Å². The molecule has 0 saturated heterocycles. The minimum Gasteiger partial charge on any atom is -0.493 e. The minimum absolute atomic E-state index is 0.0509. The molecule has 164 valence electrons. The van der Waals surface area contributed by atoms with Crippen molar-refractivity contribution >= 4 is 21.6 Å². The van der Waals surface area contributed by atoms with Crippen molar-refractivity contribution in [1.29, 1.82) is 0 Å². The van der Waals surface area contributed by atoms with Crippen LogP contribution in [0.4, 0.5) is 0 Å². The van der Waals surface area contributed by atoms with Crippen molar-refractivity contribution in [2.75, 3.05) is 25.7 Å².